The molecule has 1 nitrogen and oxygen atoms in total. The molecule has 0 aliphatic carbocycles. The fourth-order valence-electron chi connectivity index (χ4n) is 1.85. The molecule has 0 saturated heterocycles. The molecule has 17 heavy (non-hydrogen) atoms. The van der Waals surface area contributed by atoms with Crippen molar-refractivity contribution >= 4 is 23.2 Å². The molecule has 0 saturated carbocycles. The number of halogens is 2. The summed E-state index contributed by atoms with van der Waals surface area (Å²) in [5.41, 5.74) is 1.21. The summed E-state index contributed by atoms with van der Waals surface area (Å²) in [6.45, 7) is 8.66. The zero-order chi connectivity index (χ0) is 12.9. The SMILES string of the molecule is CCCNCC(C)(C)Cc1c(Cl)cccc1Cl. The summed E-state index contributed by atoms with van der Waals surface area (Å²) in [6, 6.07) is 5.69. The van der Waals surface area contributed by atoms with Crippen molar-refractivity contribution in [1.29, 1.82) is 0 Å². The highest BCUT2D eigenvalue weighted by Gasteiger charge is 2.20. The highest BCUT2D eigenvalue weighted by molar-refractivity contribution is 6.35. The van der Waals surface area contributed by atoms with Crippen LogP contribution in [0.5, 0.6) is 0 Å². The quantitative estimate of drug-likeness (QED) is 0.750. The summed E-state index contributed by atoms with van der Waals surface area (Å²) in [7, 11) is 0. The van der Waals surface area contributed by atoms with Gasteiger partial charge in [0.2, 0.25) is 0 Å². The summed E-state index contributed by atoms with van der Waals surface area (Å²) in [4.78, 5) is 0. The number of rotatable bonds is 6. The molecule has 0 aliphatic rings. The summed E-state index contributed by atoms with van der Waals surface area (Å²) < 4.78 is 0. The van der Waals surface area contributed by atoms with Gasteiger partial charge in [-0.2, -0.15) is 0 Å². The van der Waals surface area contributed by atoms with Crippen LogP contribution in [0.4, 0.5) is 0 Å². The lowest BCUT2D eigenvalue weighted by atomic mass is 9.85. The van der Waals surface area contributed by atoms with Gasteiger partial charge in [0.25, 0.3) is 0 Å². The molecule has 0 atom stereocenters. The second kappa shape index (κ2) is 6.63. The van der Waals surface area contributed by atoms with E-state index >= 15 is 0 Å². The van der Waals surface area contributed by atoms with Gasteiger partial charge < -0.3 is 5.32 Å². The van der Waals surface area contributed by atoms with Crippen molar-refractivity contribution < 1.29 is 0 Å². The monoisotopic (exact) mass is 273 g/mol. The zero-order valence-electron chi connectivity index (χ0n) is 10.8. The Morgan fingerprint density at radius 2 is 1.76 bits per heavy atom. The van der Waals surface area contributed by atoms with Crippen molar-refractivity contribution in [3.63, 3.8) is 0 Å². The van der Waals surface area contributed by atoms with Gasteiger partial charge in [-0.05, 0) is 42.5 Å². The second-order valence-corrected chi connectivity index (χ2v) is 6.03. The Kier molecular flexibility index (Phi) is 5.78. The summed E-state index contributed by atoms with van der Waals surface area (Å²) >= 11 is 12.4. The van der Waals surface area contributed by atoms with Crippen molar-refractivity contribution in [3.05, 3.63) is 33.8 Å². The Labute approximate surface area is 115 Å². The largest absolute Gasteiger partial charge is 0.316 e. The molecule has 0 spiro atoms. The van der Waals surface area contributed by atoms with E-state index in [1.165, 1.54) is 0 Å². The average Bonchev–Trinajstić information content (AvgIpc) is 2.24. The predicted molar refractivity (Wildman–Crippen MR) is 77.1 cm³/mol. The molecule has 96 valence electrons. The lowest BCUT2D eigenvalue weighted by molar-refractivity contribution is 0.339. The maximum Gasteiger partial charge on any atom is 0.0453 e. The Hall–Kier alpha value is -0.240. The van der Waals surface area contributed by atoms with E-state index in [-0.39, 0.29) is 5.41 Å². The second-order valence-electron chi connectivity index (χ2n) is 5.22. The minimum Gasteiger partial charge on any atom is -0.316 e. The minimum absolute atomic E-state index is 0.157. The number of hydrogen-bond acceptors (Lipinski definition) is 1. The van der Waals surface area contributed by atoms with Gasteiger partial charge in [-0.15, -0.1) is 0 Å². The van der Waals surface area contributed by atoms with Gasteiger partial charge in [-0.1, -0.05) is 50.0 Å². The fraction of sp³-hybridized carbons (Fsp3) is 0.571. The first kappa shape index (κ1) is 14.8. The predicted octanol–water partition coefficient (Wildman–Crippen LogP) is 4.56. The lowest BCUT2D eigenvalue weighted by Crippen LogP contribution is -2.31. The highest BCUT2D eigenvalue weighted by atomic mass is 35.5. The first-order valence-corrected chi connectivity index (χ1v) is 6.85. The van der Waals surface area contributed by atoms with Gasteiger partial charge in [0.15, 0.2) is 0 Å². The molecule has 0 fully saturated rings. The van der Waals surface area contributed by atoms with Crippen LogP contribution in [0.1, 0.15) is 32.8 Å². The Balaban J connectivity index is 2.69. The van der Waals surface area contributed by atoms with Crippen molar-refractivity contribution in [2.24, 2.45) is 5.41 Å². The third-order valence-electron chi connectivity index (χ3n) is 2.75. The molecule has 0 bridgehead atoms. The molecule has 3 heteroatoms. The first-order valence-electron chi connectivity index (χ1n) is 6.10. The molecule has 0 heterocycles. The first-order chi connectivity index (χ1) is 7.96. The van der Waals surface area contributed by atoms with E-state index in [0.29, 0.717) is 0 Å². The van der Waals surface area contributed by atoms with Gasteiger partial charge in [0.05, 0.1) is 0 Å². The topological polar surface area (TPSA) is 12.0 Å². The van der Waals surface area contributed by atoms with Crippen LogP contribution in [0.2, 0.25) is 10.0 Å². The zero-order valence-corrected chi connectivity index (χ0v) is 12.3. The van der Waals surface area contributed by atoms with Gasteiger partial charge in [-0.3, -0.25) is 0 Å². The number of benzene rings is 1. The van der Waals surface area contributed by atoms with E-state index < -0.39 is 0 Å². The normalized spacial score (nSPS) is 11.8. The maximum atomic E-state index is 6.19. The van der Waals surface area contributed by atoms with Gasteiger partial charge in [0.1, 0.15) is 0 Å². The average molecular weight is 274 g/mol. The molecule has 1 aromatic rings. The fourth-order valence-corrected chi connectivity index (χ4v) is 2.38. The molecule has 0 aliphatic heterocycles. The van der Waals surface area contributed by atoms with E-state index in [0.717, 1.165) is 41.5 Å². The molecule has 0 unspecified atom stereocenters. The van der Waals surface area contributed by atoms with Crippen LogP contribution in [0.25, 0.3) is 0 Å². The van der Waals surface area contributed by atoms with Crippen LogP contribution in [0, 0.1) is 5.41 Å². The molecule has 0 radical (unpaired) electrons. The lowest BCUT2D eigenvalue weighted by Gasteiger charge is -2.26. The van der Waals surface area contributed by atoms with Crippen molar-refractivity contribution in [1.82, 2.24) is 5.32 Å². The molecule has 1 aromatic carbocycles. The Morgan fingerprint density at radius 3 is 2.29 bits per heavy atom. The van der Waals surface area contributed by atoms with Crippen LogP contribution in [0.3, 0.4) is 0 Å². The van der Waals surface area contributed by atoms with E-state index in [1.54, 1.807) is 0 Å². The highest BCUT2D eigenvalue weighted by Crippen LogP contribution is 2.31. The third-order valence-corrected chi connectivity index (χ3v) is 3.46. The summed E-state index contributed by atoms with van der Waals surface area (Å²) in [5.74, 6) is 0. The minimum atomic E-state index is 0.157. The van der Waals surface area contributed by atoms with Crippen LogP contribution >= 0.6 is 23.2 Å². The molecular formula is C14H21Cl2N. The van der Waals surface area contributed by atoms with Crippen molar-refractivity contribution in [2.45, 2.75) is 33.6 Å². The van der Waals surface area contributed by atoms with Gasteiger partial charge >= 0.3 is 0 Å². The van der Waals surface area contributed by atoms with Crippen LogP contribution in [-0.2, 0) is 6.42 Å². The van der Waals surface area contributed by atoms with E-state index in [2.05, 4.69) is 26.1 Å². The van der Waals surface area contributed by atoms with E-state index in [4.69, 9.17) is 23.2 Å². The Bertz CT molecular complexity index is 341. The molecular weight excluding hydrogens is 253 g/mol. The summed E-state index contributed by atoms with van der Waals surface area (Å²) in [5, 5.41) is 4.98. The van der Waals surface area contributed by atoms with Gasteiger partial charge in [0, 0.05) is 16.6 Å². The molecule has 0 amide bonds. The Morgan fingerprint density at radius 1 is 1.18 bits per heavy atom. The number of hydrogen-bond donors (Lipinski definition) is 1. The summed E-state index contributed by atoms with van der Waals surface area (Å²) in [6.07, 6.45) is 2.05. The van der Waals surface area contributed by atoms with Crippen LogP contribution < -0.4 is 5.32 Å². The van der Waals surface area contributed by atoms with Gasteiger partial charge in [-0.25, -0.2) is 0 Å². The molecule has 1 rings (SSSR count). The standard InChI is InChI=1S/C14H21Cl2N/c1-4-8-17-10-14(2,3)9-11-12(15)6-5-7-13(11)16/h5-7,17H,4,8-10H2,1-3H3. The maximum absolute atomic E-state index is 6.19. The van der Waals surface area contributed by atoms with E-state index in [9.17, 15) is 0 Å². The van der Waals surface area contributed by atoms with Crippen molar-refractivity contribution in [2.75, 3.05) is 13.1 Å². The third kappa shape index (κ3) is 4.87. The van der Waals surface area contributed by atoms with Crippen LogP contribution in [-0.4, -0.2) is 13.1 Å². The smallest absolute Gasteiger partial charge is 0.0453 e. The van der Waals surface area contributed by atoms with Crippen molar-refractivity contribution in [3.8, 4) is 0 Å². The van der Waals surface area contributed by atoms with Crippen LogP contribution in [0.15, 0.2) is 18.2 Å². The van der Waals surface area contributed by atoms with E-state index in [1.807, 2.05) is 18.2 Å². The number of nitrogens with one attached hydrogen (secondary N) is 1. The molecule has 1 N–H and O–H groups in total. The molecule has 0 aromatic heterocycles.